The van der Waals surface area contributed by atoms with Crippen LogP contribution in [0.2, 0.25) is 0 Å². The fraction of sp³-hybridized carbons (Fsp3) is 0.565. The normalized spacial score (nSPS) is 18.5. The molecule has 0 spiro atoms. The number of amides is 1. The van der Waals surface area contributed by atoms with Gasteiger partial charge in [0.25, 0.3) is 0 Å². The maximum absolute atomic E-state index is 11.9. The molecule has 9 heteroatoms. The molecule has 32 heavy (non-hydrogen) atoms. The molecule has 1 aliphatic rings. The first kappa shape index (κ1) is 23.6. The van der Waals surface area contributed by atoms with Crippen LogP contribution in [0.5, 0.6) is 0 Å². The summed E-state index contributed by atoms with van der Waals surface area (Å²) in [5.74, 6) is 1.02. The number of nitrogens with zero attached hydrogens (tertiary/aromatic N) is 3. The number of esters is 1. The molecule has 0 aliphatic heterocycles. The van der Waals surface area contributed by atoms with E-state index in [1.165, 1.54) is 7.11 Å². The number of methoxy groups -OCH3 is 1. The van der Waals surface area contributed by atoms with Crippen LogP contribution in [-0.4, -0.2) is 46.1 Å². The lowest BCUT2D eigenvalue weighted by molar-refractivity contribution is 0.0594. The first-order chi connectivity index (χ1) is 15.1. The highest BCUT2D eigenvalue weighted by atomic mass is 16.6. The van der Waals surface area contributed by atoms with Crippen molar-refractivity contribution in [3.8, 4) is 0 Å². The van der Waals surface area contributed by atoms with Crippen molar-refractivity contribution in [2.24, 2.45) is 0 Å². The number of rotatable bonds is 6. The molecule has 0 radical (unpaired) electrons. The Morgan fingerprint density at radius 1 is 1.22 bits per heavy atom. The Labute approximate surface area is 188 Å². The first-order valence-corrected chi connectivity index (χ1v) is 11.0. The number of hydrogen-bond donors (Lipinski definition) is 2. The molecule has 1 amide bonds. The van der Waals surface area contributed by atoms with Gasteiger partial charge in [-0.3, -0.25) is 0 Å². The maximum atomic E-state index is 11.9. The molecular formula is C23H33N5O4. The predicted octanol–water partition coefficient (Wildman–Crippen LogP) is 4.33. The molecule has 3 rings (SSSR count). The smallest absolute Gasteiger partial charge is 0.407 e. The quantitative estimate of drug-likeness (QED) is 0.640. The van der Waals surface area contributed by atoms with E-state index in [1.807, 2.05) is 24.6 Å². The minimum Gasteiger partial charge on any atom is -0.464 e. The monoisotopic (exact) mass is 443 g/mol. The Balaban J connectivity index is 1.78. The molecular weight excluding hydrogens is 410 g/mol. The van der Waals surface area contributed by atoms with Gasteiger partial charge in [0.2, 0.25) is 0 Å². The topological polar surface area (TPSA) is 107 Å². The molecule has 1 saturated carbocycles. The summed E-state index contributed by atoms with van der Waals surface area (Å²) >= 11 is 0. The number of aromatic nitrogens is 3. The summed E-state index contributed by atoms with van der Waals surface area (Å²) in [5.41, 5.74) is 0.906. The third-order valence-corrected chi connectivity index (χ3v) is 5.25. The van der Waals surface area contributed by atoms with E-state index in [0.29, 0.717) is 5.82 Å². The van der Waals surface area contributed by atoms with Crippen LogP contribution in [0.25, 0.3) is 0 Å². The highest BCUT2D eigenvalue weighted by Gasteiger charge is 2.32. The van der Waals surface area contributed by atoms with Crippen LogP contribution < -0.4 is 10.6 Å². The summed E-state index contributed by atoms with van der Waals surface area (Å²) in [4.78, 5) is 28.1. The summed E-state index contributed by atoms with van der Waals surface area (Å²) < 4.78 is 12.3. The Hall–Kier alpha value is -3.10. The minimum atomic E-state index is -0.489. The zero-order valence-corrected chi connectivity index (χ0v) is 19.6. The second kappa shape index (κ2) is 9.58. The summed E-state index contributed by atoms with van der Waals surface area (Å²) in [7, 11) is 1.33. The summed E-state index contributed by atoms with van der Waals surface area (Å²) in [6.07, 6.45) is 1.96. The molecule has 0 aromatic carbocycles. The van der Waals surface area contributed by atoms with Gasteiger partial charge in [0, 0.05) is 18.0 Å². The number of carbonyl (C=O) groups excluding carboxylic acids is 2. The highest BCUT2D eigenvalue weighted by molar-refractivity contribution is 5.87. The third kappa shape index (κ3) is 5.77. The summed E-state index contributed by atoms with van der Waals surface area (Å²) in [6.45, 7) is 10.0. The second-order valence-electron chi connectivity index (χ2n) is 9.40. The number of nitrogens with one attached hydrogen (secondary N) is 2. The van der Waals surface area contributed by atoms with E-state index in [4.69, 9.17) is 14.6 Å². The van der Waals surface area contributed by atoms with Gasteiger partial charge in [-0.25, -0.2) is 19.3 Å². The van der Waals surface area contributed by atoms with E-state index >= 15 is 0 Å². The van der Waals surface area contributed by atoms with Gasteiger partial charge in [0.05, 0.1) is 18.3 Å². The van der Waals surface area contributed by atoms with E-state index in [9.17, 15) is 9.59 Å². The Kier molecular flexibility index (Phi) is 7.06. The van der Waals surface area contributed by atoms with Gasteiger partial charge >= 0.3 is 12.1 Å². The maximum Gasteiger partial charge on any atom is 0.407 e. The number of hydrogen-bond acceptors (Lipinski definition) is 7. The Bertz CT molecular complexity index is 964. The van der Waals surface area contributed by atoms with Gasteiger partial charge < -0.3 is 20.1 Å². The van der Waals surface area contributed by atoms with Crippen LogP contribution in [0.1, 0.15) is 76.0 Å². The standard InChI is InChI=1S/C23H33N5O4/c1-14(2)24-22(30)32-16-11-10-15(12-16)18-13-20(28(27-18)23(3,4)5)26-19-9-7-8-17(25-19)21(29)31-6/h7-9,13-16H,10-12H2,1-6H3,(H,24,30)(H,25,26)/t15-,16+/m0/s1. The van der Waals surface area contributed by atoms with Crippen molar-refractivity contribution in [3.63, 3.8) is 0 Å². The molecule has 0 unspecified atom stereocenters. The van der Waals surface area contributed by atoms with Crippen molar-refractivity contribution in [2.75, 3.05) is 12.4 Å². The zero-order chi connectivity index (χ0) is 23.5. The predicted molar refractivity (Wildman–Crippen MR) is 121 cm³/mol. The van der Waals surface area contributed by atoms with E-state index < -0.39 is 5.97 Å². The lowest BCUT2D eigenvalue weighted by Crippen LogP contribution is -2.33. The summed E-state index contributed by atoms with van der Waals surface area (Å²) in [6, 6.07) is 7.21. The largest absolute Gasteiger partial charge is 0.464 e. The van der Waals surface area contributed by atoms with Gasteiger partial charge in [-0.2, -0.15) is 5.10 Å². The fourth-order valence-corrected chi connectivity index (χ4v) is 3.79. The first-order valence-electron chi connectivity index (χ1n) is 11.0. The number of ether oxygens (including phenoxy) is 2. The minimum absolute atomic E-state index is 0.0436. The van der Waals surface area contributed by atoms with Crippen LogP contribution in [-0.2, 0) is 15.0 Å². The average molecular weight is 444 g/mol. The van der Waals surface area contributed by atoms with E-state index in [0.717, 1.165) is 30.8 Å². The Morgan fingerprint density at radius 3 is 2.62 bits per heavy atom. The van der Waals surface area contributed by atoms with Crippen LogP contribution in [0.15, 0.2) is 24.3 Å². The van der Waals surface area contributed by atoms with Crippen molar-refractivity contribution in [3.05, 3.63) is 35.7 Å². The molecule has 174 valence electrons. The van der Waals surface area contributed by atoms with Gasteiger partial charge in [0.15, 0.2) is 5.69 Å². The number of alkyl carbamates (subject to hydrolysis) is 1. The molecule has 2 aromatic heterocycles. The zero-order valence-electron chi connectivity index (χ0n) is 19.6. The lowest BCUT2D eigenvalue weighted by atomic mass is 10.0. The Morgan fingerprint density at radius 2 is 1.97 bits per heavy atom. The summed E-state index contributed by atoms with van der Waals surface area (Å²) in [5, 5.41) is 10.9. The molecule has 2 aromatic rings. The molecule has 1 fully saturated rings. The van der Waals surface area contributed by atoms with Gasteiger partial charge in [-0.05, 0) is 66.0 Å². The van der Waals surface area contributed by atoms with Crippen LogP contribution >= 0.6 is 0 Å². The van der Waals surface area contributed by atoms with Crippen molar-refractivity contribution in [2.45, 2.75) is 77.5 Å². The van der Waals surface area contributed by atoms with Gasteiger partial charge in [-0.15, -0.1) is 0 Å². The number of carbonyl (C=O) groups is 2. The average Bonchev–Trinajstić information content (AvgIpc) is 3.33. The number of pyridine rings is 1. The van der Waals surface area contributed by atoms with Crippen molar-refractivity contribution in [1.82, 2.24) is 20.1 Å². The lowest BCUT2D eigenvalue weighted by Gasteiger charge is -2.22. The van der Waals surface area contributed by atoms with E-state index in [1.54, 1.807) is 18.2 Å². The van der Waals surface area contributed by atoms with Crippen LogP contribution in [0, 0.1) is 0 Å². The molecule has 2 N–H and O–H groups in total. The molecule has 0 bridgehead atoms. The second-order valence-corrected chi connectivity index (χ2v) is 9.40. The number of anilines is 2. The van der Waals surface area contributed by atoms with Crippen molar-refractivity contribution < 1.29 is 19.1 Å². The van der Waals surface area contributed by atoms with Crippen molar-refractivity contribution >= 4 is 23.7 Å². The van der Waals surface area contributed by atoms with Crippen LogP contribution in [0.3, 0.4) is 0 Å². The molecule has 0 saturated heterocycles. The van der Waals surface area contributed by atoms with Gasteiger partial charge in [0.1, 0.15) is 17.7 Å². The SMILES string of the molecule is COC(=O)c1cccc(Nc2cc([C@H]3CC[C@@H](OC(=O)NC(C)C)C3)nn2C(C)(C)C)n1. The fourth-order valence-electron chi connectivity index (χ4n) is 3.79. The molecule has 2 heterocycles. The highest BCUT2D eigenvalue weighted by Crippen LogP contribution is 2.37. The van der Waals surface area contributed by atoms with E-state index in [-0.39, 0.29) is 35.4 Å². The van der Waals surface area contributed by atoms with Crippen molar-refractivity contribution in [1.29, 1.82) is 0 Å². The molecule has 9 nitrogen and oxygen atoms in total. The van der Waals surface area contributed by atoms with E-state index in [2.05, 4.69) is 36.4 Å². The third-order valence-electron chi connectivity index (χ3n) is 5.25. The molecule has 2 atom stereocenters. The van der Waals surface area contributed by atoms with Crippen LogP contribution in [0.4, 0.5) is 16.4 Å². The van der Waals surface area contributed by atoms with Gasteiger partial charge in [-0.1, -0.05) is 6.07 Å². The molecule has 1 aliphatic carbocycles.